The zero-order chi connectivity index (χ0) is 34.6. The molecule has 20 nitrogen and oxygen atoms in total. The van der Waals surface area contributed by atoms with E-state index in [0.29, 0.717) is 0 Å². The molecule has 5 amide bonds. The number of nitrogens with two attached hydrogens (primary N) is 1. The van der Waals surface area contributed by atoms with Crippen LogP contribution < -0.4 is 32.3 Å². The average Bonchev–Trinajstić information content (AvgIpc) is 3.73. The van der Waals surface area contributed by atoms with Gasteiger partial charge in [0.2, 0.25) is 0 Å². The molecule has 0 atom stereocenters. The molecule has 48 heavy (non-hydrogen) atoms. The van der Waals surface area contributed by atoms with Gasteiger partial charge in [-0.1, -0.05) is 6.58 Å². The number of carbonyl (C=O) groups is 5. The Hall–Kier alpha value is -5.83. The molecule has 0 saturated heterocycles. The van der Waals surface area contributed by atoms with E-state index in [1.54, 1.807) is 0 Å². The van der Waals surface area contributed by atoms with Crippen LogP contribution >= 0.6 is 28.3 Å². The fraction of sp³-hybridized carbons (Fsp3) is 0.231. The first-order valence-electron chi connectivity index (χ1n) is 13.5. The van der Waals surface area contributed by atoms with Crippen LogP contribution in [0, 0.1) is 5.41 Å². The fourth-order valence-electron chi connectivity index (χ4n) is 4.09. The van der Waals surface area contributed by atoms with Crippen molar-refractivity contribution in [2.45, 2.75) is 6.42 Å². The van der Waals surface area contributed by atoms with Crippen molar-refractivity contribution in [1.29, 1.82) is 5.41 Å². The number of hydrogen-bond acceptors (Lipinski definition) is 10. The minimum atomic E-state index is -0.628. The van der Waals surface area contributed by atoms with Gasteiger partial charge in [-0.2, -0.15) is 20.4 Å². The minimum Gasteiger partial charge on any atom is -0.388 e. The normalized spacial score (nSPS) is 10.4. The van der Waals surface area contributed by atoms with Gasteiger partial charge < -0.3 is 32.3 Å². The Morgan fingerprint density at radius 1 is 0.688 bits per heavy atom. The molecule has 0 bridgehead atoms. The van der Waals surface area contributed by atoms with Gasteiger partial charge in [-0.05, 0) is 15.9 Å². The second-order valence-corrected chi connectivity index (χ2v) is 10.9. The number of carbonyl (C=O) groups excluding carboxylic acids is 5. The zero-order valence-electron chi connectivity index (χ0n) is 25.9. The molecule has 0 aliphatic carbocycles. The van der Waals surface area contributed by atoms with Crippen molar-refractivity contribution in [2.75, 3.05) is 27.8 Å². The molecule has 4 rings (SSSR count). The number of nitrogens with one attached hydrogen (secondary N) is 6. The number of nitrogens with zero attached hydrogens (tertiary/aromatic N) is 8. The van der Waals surface area contributed by atoms with E-state index in [4.69, 9.17) is 11.1 Å². The molecule has 0 unspecified atom stereocenters. The van der Waals surface area contributed by atoms with Crippen LogP contribution in [-0.2, 0) is 33.0 Å². The van der Waals surface area contributed by atoms with E-state index >= 15 is 0 Å². The number of anilines is 4. The molecule has 0 spiro atoms. The number of rotatable bonds is 12. The smallest absolute Gasteiger partial charge is 0.275 e. The van der Waals surface area contributed by atoms with Crippen molar-refractivity contribution in [3.8, 4) is 0 Å². The highest BCUT2D eigenvalue weighted by atomic mass is 79.9. The molecule has 0 aliphatic rings. The van der Waals surface area contributed by atoms with E-state index in [9.17, 15) is 24.0 Å². The van der Waals surface area contributed by atoms with Crippen molar-refractivity contribution in [3.05, 3.63) is 58.1 Å². The quantitative estimate of drug-likeness (QED) is 0.0606. The monoisotopic (exact) mass is 747 g/mol. The summed E-state index contributed by atoms with van der Waals surface area (Å²) in [6, 6.07) is 5.42. The highest BCUT2D eigenvalue weighted by Gasteiger charge is 2.22. The van der Waals surface area contributed by atoms with E-state index in [-0.39, 0.29) is 81.7 Å². The van der Waals surface area contributed by atoms with E-state index in [1.807, 2.05) is 0 Å². The highest BCUT2D eigenvalue weighted by molar-refractivity contribution is 9.12. The average molecular weight is 749 g/mol. The molecular formula is C26H31BrClN15O5. The maximum atomic E-state index is 13.0. The molecule has 0 aliphatic heterocycles. The Kier molecular flexibility index (Phi) is 11.6. The van der Waals surface area contributed by atoms with E-state index in [1.165, 1.54) is 71.2 Å². The molecule has 0 fully saturated rings. The standard InChI is InChI=1S/C26H30BrN15O5.ClH/c1-12(27)22(43)31-18-9-14(40(3)35-18)24(45)33-20-11-16(42(5)37-20)26(47)34-21-10-15(41(4)38-21)25(46)32-19-8-13(39(2)36-19)23(44)30-7-6-17(28)29;/h8-11H,1,6-7H2,2-5H3,(H3,28,29)(H,30,44)(H,31,35,43)(H,32,36,46)(H,33,37,45)(H,34,38,47);1H. The first kappa shape index (κ1) is 36.6. The van der Waals surface area contributed by atoms with Crippen molar-refractivity contribution >= 4 is 87.0 Å². The predicted molar refractivity (Wildman–Crippen MR) is 180 cm³/mol. The molecule has 22 heteroatoms. The summed E-state index contributed by atoms with van der Waals surface area (Å²) in [6.45, 7) is 3.64. The van der Waals surface area contributed by atoms with Crippen molar-refractivity contribution in [3.63, 3.8) is 0 Å². The molecule has 254 valence electrons. The van der Waals surface area contributed by atoms with E-state index in [2.05, 4.69) is 69.5 Å². The highest BCUT2D eigenvalue weighted by Crippen LogP contribution is 2.17. The summed E-state index contributed by atoms with van der Waals surface area (Å²) in [5, 5.41) is 36.6. The largest absolute Gasteiger partial charge is 0.388 e. The van der Waals surface area contributed by atoms with Crippen LogP contribution in [0.1, 0.15) is 48.4 Å². The van der Waals surface area contributed by atoms with Crippen LogP contribution in [0.2, 0.25) is 0 Å². The third-order valence-corrected chi connectivity index (χ3v) is 6.70. The van der Waals surface area contributed by atoms with Gasteiger partial charge in [0, 0.05) is 65.4 Å². The van der Waals surface area contributed by atoms with Crippen LogP contribution in [-0.4, -0.2) is 81.0 Å². The van der Waals surface area contributed by atoms with Crippen LogP contribution in [0.3, 0.4) is 0 Å². The second-order valence-electron chi connectivity index (χ2n) is 9.91. The Bertz CT molecular complexity index is 1940. The first-order valence-corrected chi connectivity index (χ1v) is 14.3. The van der Waals surface area contributed by atoms with Gasteiger partial charge in [-0.15, -0.1) is 12.4 Å². The third kappa shape index (κ3) is 8.70. The first-order chi connectivity index (χ1) is 22.1. The van der Waals surface area contributed by atoms with Crippen molar-refractivity contribution < 1.29 is 24.0 Å². The number of hydrogen-bond donors (Lipinski definition) is 7. The van der Waals surface area contributed by atoms with Gasteiger partial charge in [-0.25, -0.2) is 0 Å². The summed E-state index contributed by atoms with van der Waals surface area (Å²) < 4.78 is 5.12. The third-order valence-electron chi connectivity index (χ3n) is 6.34. The molecular weight excluding hydrogens is 718 g/mol. The summed E-state index contributed by atoms with van der Waals surface area (Å²) in [5.41, 5.74) is 5.71. The van der Waals surface area contributed by atoms with Crippen LogP contribution in [0.5, 0.6) is 0 Å². The van der Waals surface area contributed by atoms with Gasteiger partial charge in [-0.3, -0.25) is 48.1 Å². The molecule has 4 aromatic rings. The number of aromatic nitrogens is 8. The summed E-state index contributed by atoms with van der Waals surface area (Å²) in [4.78, 5) is 63.1. The number of halogens is 2. The predicted octanol–water partition coefficient (Wildman–Crippen LogP) is 0.702. The number of amides is 5. The minimum absolute atomic E-state index is 0. The lowest BCUT2D eigenvalue weighted by Gasteiger charge is -2.03. The summed E-state index contributed by atoms with van der Waals surface area (Å²) >= 11 is 2.97. The van der Waals surface area contributed by atoms with E-state index in [0.717, 1.165) is 0 Å². The Morgan fingerprint density at radius 2 is 1.00 bits per heavy atom. The van der Waals surface area contributed by atoms with Gasteiger partial charge >= 0.3 is 0 Å². The van der Waals surface area contributed by atoms with Crippen molar-refractivity contribution in [1.82, 2.24) is 44.4 Å². The lowest BCUT2D eigenvalue weighted by molar-refractivity contribution is -0.112. The maximum Gasteiger partial charge on any atom is 0.275 e. The van der Waals surface area contributed by atoms with E-state index < -0.39 is 29.5 Å². The summed E-state index contributed by atoms with van der Waals surface area (Å²) in [5.74, 6) is -2.54. The van der Waals surface area contributed by atoms with Crippen molar-refractivity contribution in [2.24, 2.45) is 33.9 Å². The molecule has 0 saturated carbocycles. The summed E-state index contributed by atoms with van der Waals surface area (Å²) in [7, 11) is 6.04. The SMILES string of the molecule is C=C(Br)C(=O)Nc1cc(C(=O)Nc2cc(C(=O)Nc3cc(C(=O)Nc4cc(C(=O)NCCC(=N)N)n(C)n4)n(C)n3)n(C)n2)n(C)n1.Cl. The Labute approximate surface area is 286 Å². The Morgan fingerprint density at radius 3 is 1.31 bits per heavy atom. The maximum absolute atomic E-state index is 13.0. The number of amidine groups is 1. The molecule has 0 aromatic carbocycles. The van der Waals surface area contributed by atoms with Gasteiger partial charge in [0.1, 0.15) is 22.8 Å². The van der Waals surface area contributed by atoms with Gasteiger partial charge in [0.25, 0.3) is 29.5 Å². The summed E-state index contributed by atoms with van der Waals surface area (Å²) in [6.07, 6.45) is 0.191. The molecule has 0 radical (unpaired) electrons. The fourth-order valence-corrected chi connectivity index (χ4v) is 4.19. The molecule has 4 heterocycles. The zero-order valence-corrected chi connectivity index (χ0v) is 28.3. The van der Waals surface area contributed by atoms with Crippen LogP contribution in [0.25, 0.3) is 0 Å². The van der Waals surface area contributed by atoms with Gasteiger partial charge in [0.15, 0.2) is 23.3 Å². The number of aryl methyl sites for hydroxylation is 4. The molecule has 8 N–H and O–H groups in total. The Balaban J connectivity index is 0.00000625. The second kappa shape index (κ2) is 15.2. The van der Waals surface area contributed by atoms with Gasteiger partial charge in [0.05, 0.1) is 10.3 Å². The van der Waals surface area contributed by atoms with Crippen LogP contribution in [0.4, 0.5) is 23.3 Å². The lowest BCUT2D eigenvalue weighted by atomic mass is 10.3. The topological polar surface area (TPSA) is 267 Å². The molecule has 4 aromatic heterocycles. The van der Waals surface area contributed by atoms with Crippen LogP contribution in [0.15, 0.2) is 35.3 Å². The lowest BCUT2D eigenvalue weighted by Crippen LogP contribution is -2.29.